The standard InChI is InChI=1S/C26H19Cl2N5S/c1-17-7-9-18(10-8-17)25-20(15-33(32-25)21-5-3-2-4-6-21)14-29-31-26-30-24(16-34-26)19-11-12-22(27)23(28)13-19/h2-16H,1H3,(H,30,31)/b29-14+. The Kier molecular flexibility index (Phi) is 6.45. The number of aromatic nitrogens is 3. The molecule has 168 valence electrons. The van der Waals surface area contributed by atoms with E-state index in [-0.39, 0.29) is 0 Å². The van der Waals surface area contributed by atoms with Gasteiger partial charge in [0.1, 0.15) is 5.69 Å². The third kappa shape index (κ3) is 4.89. The highest BCUT2D eigenvalue weighted by molar-refractivity contribution is 7.14. The largest absolute Gasteiger partial charge is 0.253 e. The van der Waals surface area contributed by atoms with Gasteiger partial charge in [0.25, 0.3) is 0 Å². The van der Waals surface area contributed by atoms with Crippen molar-refractivity contribution in [2.75, 3.05) is 5.43 Å². The third-order valence-corrected chi connectivity index (χ3v) is 6.66. The minimum atomic E-state index is 0.499. The van der Waals surface area contributed by atoms with Gasteiger partial charge < -0.3 is 0 Å². The summed E-state index contributed by atoms with van der Waals surface area (Å²) in [6.45, 7) is 2.07. The molecule has 5 nitrogen and oxygen atoms in total. The van der Waals surface area contributed by atoms with Crippen LogP contribution in [0, 0.1) is 6.92 Å². The molecule has 34 heavy (non-hydrogen) atoms. The molecule has 0 aliphatic carbocycles. The van der Waals surface area contributed by atoms with E-state index < -0.39 is 0 Å². The first kappa shape index (κ1) is 22.3. The summed E-state index contributed by atoms with van der Waals surface area (Å²) in [6.07, 6.45) is 3.74. The molecule has 8 heteroatoms. The number of rotatable bonds is 6. The second kappa shape index (κ2) is 9.81. The highest BCUT2D eigenvalue weighted by Crippen LogP contribution is 2.30. The first-order chi connectivity index (χ1) is 16.6. The van der Waals surface area contributed by atoms with Crippen LogP contribution in [0.5, 0.6) is 0 Å². The molecule has 5 aromatic rings. The molecule has 2 aromatic heterocycles. The van der Waals surface area contributed by atoms with Gasteiger partial charge >= 0.3 is 0 Å². The molecule has 1 N–H and O–H groups in total. The fourth-order valence-corrected chi connectivity index (χ4v) is 4.37. The van der Waals surface area contributed by atoms with Crippen LogP contribution in [0.2, 0.25) is 10.0 Å². The summed E-state index contributed by atoms with van der Waals surface area (Å²) < 4.78 is 1.86. The maximum Gasteiger partial charge on any atom is 0.203 e. The molecule has 0 atom stereocenters. The van der Waals surface area contributed by atoms with Crippen LogP contribution in [-0.4, -0.2) is 21.0 Å². The zero-order valence-electron chi connectivity index (χ0n) is 18.1. The van der Waals surface area contributed by atoms with E-state index in [2.05, 4.69) is 46.7 Å². The number of halogens is 2. The van der Waals surface area contributed by atoms with Crippen molar-refractivity contribution in [2.24, 2.45) is 5.10 Å². The normalized spacial score (nSPS) is 11.3. The lowest BCUT2D eigenvalue weighted by molar-refractivity contribution is 0.884. The molecule has 0 aliphatic rings. The quantitative estimate of drug-likeness (QED) is 0.190. The molecule has 0 bridgehead atoms. The summed E-state index contributed by atoms with van der Waals surface area (Å²) in [4.78, 5) is 4.60. The third-order valence-electron chi connectivity index (χ3n) is 5.17. The summed E-state index contributed by atoms with van der Waals surface area (Å²) in [6, 6.07) is 23.8. The Hall–Kier alpha value is -3.45. The van der Waals surface area contributed by atoms with Crippen molar-refractivity contribution in [1.82, 2.24) is 14.8 Å². The van der Waals surface area contributed by atoms with Crippen LogP contribution >= 0.6 is 34.5 Å². The number of aryl methyl sites for hydroxylation is 1. The molecule has 0 radical (unpaired) electrons. The lowest BCUT2D eigenvalue weighted by Crippen LogP contribution is -1.93. The number of thiazole rings is 1. The number of hydrogen-bond acceptors (Lipinski definition) is 5. The Morgan fingerprint density at radius 3 is 2.47 bits per heavy atom. The minimum absolute atomic E-state index is 0.499. The van der Waals surface area contributed by atoms with Crippen molar-refractivity contribution in [3.8, 4) is 28.2 Å². The van der Waals surface area contributed by atoms with Crippen LogP contribution in [0.4, 0.5) is 5.13 Å². The van der Waals surface area contributed by atoms with E-state index in [9.17, 15) is 0 Å². The van der Waals surface area contributed by atoms with Crippen molar-refractivity contribution in [3.05, 3.63) is 106 Å². The fraction of sp³-hybridized carbons (Fsp3) is 0.0385. The van der Waals surface area contributed by atoms with Crippen LogP contribution in [0.1, 0.15) is 11.1 Å². The van der Waals surface area contributed by atoms with Gasteiger partial charge in [0.2, 0.25) is 5.13 Å². The van der Waals surface area contributed by atoms with E-state index in [1.54, 1.807) is 18.3 Å². The van der Waals surface area contributed by atoms with Crippen molar-refractivity contribution in [1.29, 1.82) is 0 Å². The molecule has 0 fully saturated rings. The first-order valence-corrected chi connectivity index (χ1v) is 12.1. The molecule has 0 saturated carbocycles. The molecule has 0 amide bonds. The van der Waals surface area contributed by atoms with Crippen LogP contribution in [-0.2, 0) is 0 Å². The van der Waals surface area contributed by atoms with Gasteiger partial charge in [-0.25, -0.2) is 9.67 Å². The number of anilines is 1. The Bertz CT molecular complexity index is 1460. The van der Waals surface area contributed by atoms with E-state index in [1.165, 1.54) is 16.9 Å². The minimum Gasteiger partial charge on any atom is -0.253 e. The molecule has 0 unspecified atom stereocenters. The summed E-state index contributed by atoms with van der Waals surface area (Å²) in [5, 5.41) is 12.9. The highest BCUT2D eigenvalue weighted by atomic mass is 35.5. The molecule has 0 aliphatic heterocycles. The first-order valence-electron chi connectivity index (χ1n) is 10.5. The van der Waals surface area contributed by atoms with Gasteiger partial charge in [0, 0.05) is 28.3 Å². The maximum atomic E-state index is 6.14. The van der Waals surface area contributed by atoms with Crippen molar-refractivity contribution < 1.29 is 0 Å². The zero-order chi connectivity index (χ0) is 23.5. The fourth-order valence-electron chi connectivity index (χ4n) is 3.40. The predicted molar refractivity (Wildman–Crippen MR) is 143 cm³/mol. The molecular formula is C26H19Cl2N5S. The van der Waals surface area contributed by atoms with Crippen molar-refractivity contribution in [2.45, 2.75) is 6.92 Å². The van der Waals surface area contributed by atoms with Gasteiger partial charge in [-0.3, -0.25) is 5.43 Å². The number of nitrogens with one attached hydrogen (secondary N) is 1. The average molecular weight is 504 g/mol. The van der Waals surface area contributed by atoms with E-state index in [0.29, 0.717) is 15.2 Å². The summed E-state index contributed by atoms with van der Waals surface area (Å²) in [5.74, 6) is 0. The second-order valence-corrected chi connectivity index (χ2v) is 9.29. The molecule has 5 rings (SSSR count). The highest BCUT2D eigenvalue weighted by Gasteiger charge is 2.11. The van der Waals surface area contributed by atoms with Gasteiger partial charge in [-0.2, -0.15) is 10.2 Å². The van der Waals surface area contributed by atoms with Crippen molar-refractivity contribution in [3.63, 3.8) is 0 Å². The number of benzene rings is 3. The summed E-state index contributed by atoms with van der Waals surface area (Å²) >= 11 is 13.6. The monoisotopic (exact) mass is 503 g/mol. The lowest BCUT2D eigenvalue weighted by Gasteiger charge is -2.01. The molecule has 2 heterocycles. The van der Waals surface area contributed by atoms with E-state index in [1.807, 2.05) is 52.7 Å². The van der Waals surface area contributed by atoms with Crippen LogP contribution in [0.3, 0.4) is 0 Å². The summed E-state index contributed by atoms with van der Waals surface area (Å²) in [5.41, 5.74) is 9.68. The van der Waals surface area contributed by atoms with Crippen LogP contribution in [0.25, 0.3) is 28.2 Å². The molecule has 0 saturated heterocycles. The van der Waals surface area contributed by atoms with Gasteiger partial charge in [-0.05, 0) is 31.2 Å². The summed E-state index contributed by atoms with van der Waals surface area (Å²) in [7, 11) is 0. The Morgan fingerprint density at radius 2 is 1.71 bits per heavy atom. The number of nitrogens with zero attached hydrogens (tertiary/aromatic N) is 4. The number of para-hydroxylation sites is 1. The number of hydrazone groups is 1. The van der Waals surface area contributed by atoms with Crippen molar-refractivity contribution >= 4 is 45.9 Å². The Balaban J connectivity index is 1.40. The van der Waals surface area contributed by atoms with Gasteiger partial charge in [0.15, 0.2) is 0 Å². The van der Waals surface area contributed by atoms with Gasteiger partial charge in [-0.1, -0.05) is 77.3 Å². The predicted octanol–water partition coefficient (Wildman–Crippen LogP) is 7.72. The zero-order valence-corrected chi connectivity index (χ0v) is 20.4. The van der Waals surface area contributed by atoms with Crippen LogP contribution < -0.4 is 5.43 Å². The smallest absolute Gasteiger partial charge is 0.203 e. The topological polar surface area (TPSA) is 55.1 Å². The molecule has 0 spiro atoms. The molecular weight excluding hydrogens is 485 g/mol. The van der Waals surface area contributed by atoms with E-state index >= 15 is 0 Å². The average Bonchev–Trinajstić information content (AvgIpc) is 3.50. The molecule has 3 aromatic carbocycles. The van der Waals surface area contributed by atoms with Gasteiger partial charge in [-0.15, -0.1) is 11.3 Å². The second-order valence-electron chi connectivity index (χ2n) is 7.62. The Labute approximate surface area is 211 Å². The Morgan fingerprint density at radius 1 is 0.941 bits per heavy atom. The SMILES string of the molecule is Cc1ccc(-c2nn(-c3ccccc3)cc2/C=N/Nc2nc(-c3ccc(Cl)c(Cl)c3)cs2)cc1. The van der Waals surface area contributed by atoms with E-state index in [4.69, 9.17) is 28.3 Å². The lowest BCUT2D eigenvalue weighted by atomic mass is 10.1. The maximum absolute atomic E-state index is 6.14. The number of hydrogen-bond donors (Lipinski definition) is 1. The van der Waals surface area contributed by atoms with E-state index in [0.717, 1.165) is 33.8 Å². The van der Waals surface area contributed by atoms with Crippen LogP contribution in [0.15, 0.2) is 89.5 Å². The van der Waals surface area contributed by atoms with Gasteiger partial charge in [0.05, 0.1) is 27.6 Å².